The third kappa shape index (κ3) is 5.41. The lowest BCUT2D eigenvalue weighted by molar-refractivity contribution is 0.350. The lowest BCUT2D eigenvalue weighted by Crippen LogP contribution is -2.33. The monoisotopic (exact) mass is 312 g/mol. The number of sulfonamides is 1. The van der Waals surface area contributed by atoms with E-state index in [1.54, 1.807) is 12.1 Å². The van der Waals surface area contributed by atoms with Crippen molar-refractivity contribution in [1.29, 1.82) is 0 Å². The van der Waals surface area contributed by atoms with Crippen molar-refractivity contribution in [3.05, 3.63) is 29.8 Å². The largest absolute Gasteiger partial charge is 0.310 e. The van der Waals surface area contributed by atoms with Gasteiger partial charge in [0.25, 0.3) is 0 Å². The zero-order valence-electron chi connectivity index (χ0n) is 13.7. The van der Waals surface area contributed by atoms with Gasteiger partial charge in [-0.3, -0.25) is 0 Å². The summed E-state index contributed by atoms with van der Waals surface area (Å²) in [6.45, 7) is 11.6. The van der Waals surface area contributed by atoms with Gasteiger partial charge in [0.1, 0.15) is 0 Å². The van der Waals surface area contributed by atoms with Gasteiger partial charge < -0.3 is 5.32 Å². The van der Waals surface area contributed by atoms with Crippen molar-refractivity contribution >= 4 is 10.0 Å². The molecule has 0 amide bonds. The van der Waals surface area contributed by atoms with Crippen LogP contribution >= 0.6 is 0 Å². The van der Waals surface area contributed by atoms with Gasteiger partial charge in [-0.2, -0.15) is 0 Å². The lowest BCUT2D eigenvalue weighted by Gasteiger charge is -2.22. The SMILES string of the molecule is CCNC(C)c1ccc(S(=O)(=O)NCC(C)(C)CC)cc1. The predicted octanol–water partition coefficient (Wildman–Crippen LogP) is 3.07. The van der Waals surface area contributed by atoms with E-state index in [1.165, 1.54) is 0 Å². The van der Waals surface area contributed by atoms with E-state index in [-0.39, 0.29) is 11.5 Å². The Balaban J connectivity index is 2.80. The van der Waals surface area contributed by atoms with Gasteiger partial charge in [0, 0.05) is 12.6 Å². The molecule has 1 aromatic carbocycles. The first-order valence-electron chi connectivity index (χ1n) is 7.55. The molecule has 5 heteroatoms. The number of hydrogen-bond acceptors (Lipinski definition) is 3. The maximum Gasteiger partial charge on any atom is 0.240 e. The van der Waals surface area contributed by atoms with Crippen LogP contribution in [0.25, 0.3) is 0 Å². The van der Waals surface area contributed by atoms with Gasteiger partial charge in [-0.1, -0.05) is 39.8 Å². The first-order chi connectivity index (χ1) is 9.72. The van der Waals surface area contributed by atoms with Crippen LogP contribution in [0, 0.1) is 5.41 Å². The van der Waals surface area contributed by atoms with E-state index in [2.05, 4.69) is 44.7 Å². The van der Waals surface area contributed by atoms with E-state index < -0.39 is 10.0 Å². The van der Waals surface area contributed by atoms with Crippen LogP contribution in [0.1, 0.15) is 52.6 Å². The first-order valence-corrected chi connectivity index (χ1v) is 9.03. The fraction of sp³-hybridized carbons (Fsp3) is 0.625. The molecule has 0 aliphatic heterocycles. The highest BCUT2D eigenvalue weighted by atomic mass is 32.2. The zero-order valence-corrected chi connectivity index (χ0v) is 14.5. The van der Waals surface area contributed by atoms with Crippen LogP contribution in [0.15, 0.2) is 29.2 Å². The van der Waals surface area contributed by atoms with Gasteiger partial charge in [-0.15, -0.1) is 0 Å². The molecule has 0 saturated carbocycles. The van der Waals surface area contributed by atoms with Crippen molar-refractivity contribution in [3.8, 4) is 0 Å². The average Bonchev–Trinajstić information content (AvgIpc) is 2.46. The van der Waals surface area contributed by atoms with Crippen LogP contribution in [-0.2, 0) is 10.0 Å². The van der Waals surface area contributed by atoms with Gasteiger partial charge >= 0.3 is 0 Å². The summed E-state index contributed by atoms with van der Waals surface area (Å²) in [5.74, 6) is 0. The standard InChI is InChI=1S/C16H28N2O2S/c1-6-16(4,5)12-18-21(19,20)15-10-8-14(9-11-15)13(3)17-7-2/h8-11,13,17-18H,6-7,12H2,1-5H3. The molecule has 0 heterocycles. The van der Waals surface area contributed by atoms with Crippen LogP contribution in [-0.4, -0.2) is 21.5 Å². The van der Waals surface area contributed by atoms with Crippen LogP contribution in [0.3, 0.4) is 0 Å². The van der Waals surface area contributed by atoms with E-state index >= 15 is 0 Å². The molecule has 4 nitrogen and oxygen atoms in total. The summed E-state index contributed by atoms with van der Waals surface area (Å²) in [7, 11) is -3.43. The Morgan fingerprint density at radius 2 is 1.71 bits per heavy atom. The van der Waals surface area contributed by atoms with Gasteiger partial charge in [-0.25, -0.2) is 13.1 Å². The fourth-order valence-corrected chi connectivity index (χ4v) is 3.10. The van der Waals surface area contributed by atoms with E-state index in [1.807, 2.05) is 12.1 Å². The molecule has 0 aromatic heterocycles. The maximum absolute atomic E-state index is 12.3. The molecule has 0 aliphatic rings. The molecule has 1 unspecified atom stereocenters. The molecular weight excluding hydrogens is 284 g/mol. The number of nitrogens with one attached hydrogen (secondary N) is 2. The molecule has 1 atom stereocenters. The minimum Gasteiger partial charge on any atom is -0.310 e. The average molecular weight is 312 g/mol. The van der Waals surface area contributed by atoms with Crippen molar-refractivity contribution in [2.75, 3.05) is 13.1 Å². The smallest absolute Gasteiger partial charge is 0.240 e. The van der Waals surface area contributed by atoms with E-state index in [0.29, 0.717) is 11.4 Å². The fourth-order valence-electron chi connectivity index (χ4n) is 1.86. The molecule has 1 aromatic rings. The summed E-state index contributed by atoms with van der Waals surface area (Å²) in [6, 6.07) is 7.30. The molecule has 2 N–H and O–H groups in total. The summed E-state index contributed by atoms with van der Waals surface area (Å²) < 4.78 is 27.2. The second kappa shape index (κ2) is 7.38. The minimum absolute atomic E-state index is 0.0351. The Labute approximate surface area is 129 Å². The van der Waals surface area contributed by atoms with Crippen LogP contribution in [0.4, 0.5) is 0 Å². The van der Waals surface area contributed by atoms with Gasteiger partial charge in [0.2, 0.25) is 10.0 Å². The highest BCUT2D eigenvalue weighted by molar-refractivity contribution is 7.89. The maximum atomic E-state index is 12.3. The number of rotatable bonds is 8. The normalized spacial score (nSPS) is 14.1. The molecule has 0 aliphatic carbocycles. The molecule has 0 fully saturated rings. The van der Waals surface area contributed by atoms with Gasteiger partial charge in [-0.05, 0) is 43.0 Å². The summed E-state index contributed by atoms with van der Waals surface area (Å²) in [6.07, 6.45) is 0.925. The Morgan fingerprint density at radius 3 is 2.19 bits per heavy atom. The molecule has 21 heavy (non-hydrogen) atoms. The minimum atomic E-state index is -3.43. The van der Waals surface area contributed by atoms with Crippen molar-refractivity contribution in [2.45, 2.75) is 52.0 Å². The number of hydrogen-bond donors (Lipinski definition) is 2. The van der Waals surface area contributed by atoms with Gasteiger partial charge in [0.05, 0.1) is 4.90 Å². The molecule has 0 spiro atoms. The van der Waals surface area contributed by atoms with Crippen LogP contribution in [0.2, 0.25) is 0 Å². The van der Waals surface area contributed by atoms with E-state index in [0.717, 1.165) is 18.5 Å². The molecule has 0 radical (unpaired) electrons. The van der Waals surface area contributed by atoms with E-state index in [9.17, 15) is 8.42 Å². The van der Waals surface area contributed by atoms with Crippen molar-refractivity contribution in [2.24, 2.45) is 5.41 Å². The summed E-state index contributed by atoms with van der Waals surface area (Å²) in [5, 5.41) is 3.31. The highest BCUT2D eigenvalue weighted by Gasteiger charge is 2.20. The first kappa shape index (κ1) is 18.1. The van der Waals surface area contributed by atoms with Gasteiger partial charge in [0.15, 0.2) is 0 Å². The molecule has 0 saturated heterocycles. The summed E-state index contributed by atoms with van der Waals surface area (Å²) in [5.41, 5.74) is 1.05. The summed E-state index contributed by atoms with van der Waals surface area (Å²) in [4.78, 5) is 0.321. The predicted molar refractivity (Wildman–Crippen MR) is 87.8 cm³/mol. The van der Waals surface area contributed by atoms with Crippen molar-refractivity contribution < 1.29 is 8.42 Å². The topological polar surface area (TPSA) is 58.2 Å². The second-order valence-corrected chi connectivity index (χ2v) is 7.96. The highest BCUT2D eigenvalue weighted by Crippen LogP contribution is 2.20. The Hall–Kier alpha value is -0.910. The van der Waals surface area contributed by atoms with E-state index in [4.69, 9.17) is 0 Å². The molecular formula is C16H28N2O2S. The third-order valence-corrected chi connectivity index (χ3v) is 5.32. The zero-order chi connectivity index (χ0) is 16.1. The second-order valence-electron chi connectivity index (χ2n) is 6.19. The molecule has 1 rings (SSSR count). The Kier molecular flexibility index (Phi) is 6.38. The summed E-state index contributed by atoms with van der Waals surface area (Å²) >= 11 is 0. The lowest BCUT2D eigenvalue weighted by atomic mass is 9.91. The van der Waals surface area contributed by atoms with Crippen LogP contribution in [0.5, 0.6) is 0 Å². The Bertz CT molecular complexity index is 536. The number of benzene rings is 1. The molecule has 120 valence electrons. The van der Waals surface area contributed by atoms with Crippen molar-refractivity contribution in [3.63, 3.8) is 0 Å². The molecule has 0 bridgehead atoms. The third-order valence-electron chi connectivity index (χ3n) is 3.90. The van der Waals surface area contributed by atoms with Crippen molar-refractivity contribution in [1.82, 2.24) is 10.0 Å². The quantitative estimate of drug-likeness (QED) is 0.775. The van der Waals surface area contributed by atoms with Crippen LogP contribution < -0.4 is 10.0 Å². The Morgan fingerprint density at radius 1 is 1.14 bits per heavy atom.